The molecule has 36 heavy (non-hydrogen) atoms. The van der Waals surface area contributed by atoms with Gasteiger partial charge in [0.2, 0.25) is 0 Å². The average Bonchev–Trinajstić information content (AvgIpc) is 3.40. The second-order valence-corrected chi connectivity index (χ2v) is 9.07. The smallest absolute Gasteiger partial charge is 0.146 e. The van der Waals surface area contributed by atoms with Crippen LogP contribution in [0.2, 0.25) is 15.1 Å². The Bertz CT molecular complexity index is 1600. The third kappa shape index (κ3) is 4.77. The third-order valence-corrected chi connectivity index (χ3v) is 6.25. The first kappa shape index (κ1) is 23.8. The number of H-pyrrole nitrogens is 1. The lowest BCUT2D eigenvalue weighted by Crippen LogP contribution is -2.13. The Kier molecular flexibility index (Phi) is 6.61. The van der Waals surface area contributed by atoms with E-state index in [2.05, 4.69) is 37.1 Å². The second-order valence-electron chi connectivity index (χ2n) is 7.79. The van der Waals surface area contributed by atoms with Crippen LogP contribution in [0.1, 0.15) is 22.9 Å². The summed E-state index contributed by atoms with van der Waals surface area (Å²) >= 11 is 18.7. The molecule has 0 saturated carbocycles. The van der Waals surface area contributed by atoms with Gasteiger partial charge >= 0.3 is 0 Å². The van der Waals surface area contributed by atoms with E-state index in [-0.39, 0.29) is 11.3 Å². The van der Waals surface area contributed by atoms with Gasteiger partial charge < -0.3 is 10.6 Å². The molecular weight excluding hydrogens is 524 g/mol. The number of nitriles is 1. The summed E-state index contributed by atoms with van der Waals surface area (Å²) in [6.07, 6.45) is 3.07. The monoisotopic (exact) mass is 537 g/mol. The molecule has 0 aliphatic heterocycles. The van der Waals surface area contributed by atoms with Crippen LogP contribution in [0.25, 0.3) is 10.9 Å². The summed E-state index contributed by atoms with van der Waals surface area (Å²) in [7, 11) is 0. The standard InChI is InChI=1S/C25H15Cl3FN7/c26-15-3-1-13(2-4-15)24(22-12-32-36-35-22)33-17-8-18-23(34-21-7-16(27)5-6-20(21)29)14(10-30)11-31-25(18)19(28)9-17/h1-9,11-12,24,33H,(H,31,34)(H,32,35,36). The molecular formula is C25H15Cl3FN7. The van der Waals surface area contributed by atoms with Gasteiger partial charge in [0.05, 0.1) is 33.5 Å². The molecule has 1 atom stereocenters. The van der Waals surface area contributed by atoms with Gasteiger partial charge in [0.1, 0.15) is 17.6 Å². The predicted octanol–water partition coefficient (Wildman–Crippen LogP) is 7.27. The van der Waals surface area contributed by atoms with E-state index in [4.69, 9.17) is 34.8 Å². The molecule has 7 nitrogen and oxygen atoms in total. The molecule has 3 aromatic carbocycles. The molecule has 2 aromatic heterocycles. The van der Waals surface area contributed by atoms with Gasteiger partial charge in [-0.3, -0.25) is 10.1 Å². The zero-order valence-electron chi connectivity index (χ0n) is 18.2. The van der Waals surface area contributed by atoms with Crippen LogP contribution >= 0.6 is 34.8 Å². The second kappa shape index (κ2) is 9.99. The molecule has 0 bridgehead atoms. The fourth-order valence-corrected chi connectivity index (χ4v) is 4.36. The van der Waals surface area contributed by atoms with Crippen LogP contribution in [0, 0.1) is 17.1 Å². The molecule has 0 saturated heterocycles. The minimum atomic E-state index is -0.525. The highest BCUT2D eigenvalue weighted by Crippen LogP contribution is 2.37. The van der Waals surface area contributed by atoms with Gasteiger partial charge in [-0.05, 0) is 48.0 Å². The summed E-state index contributed by atoms with van der Waals surface area (Å²) < 4.78 is 14.5. The summed E-state index contributed by atoms with van der Waals surface area (Å²) in [5.74, 6) is -0.525. The van der Waals surface area contributed by atoms with Crippen LogP contribution in [0.3, 0.4) is 0 Å². The highest BCUT2D eigenvalue weighted by molar-refractivity contribution is 6.36. The first-order valence-corrected chi connectivity index (χ1v) is 11.7. The Hall–Kier alpha value is -3.90. The molecule has 0 radical (unpaired) electrons. The van der Waals surface area contributed by atoms with E-state index >= 15 is 0 Å². The SMILES string of the molecule is N#Cc1cnc2c(Cl)cc(NC(c3ccc(Cl)cc3)c3c[nH]nn3)cc2c1Nc1cc(Cl)ccc1F. The fourth-order valence-electron chi connectivity index (χ4n) is 3.79. The van der Waals surface area contributed by atoms with Crippen molar-refractivity contribution in [3.63, 3.8) is 0 Å². The lowest BCUT2D eigenvalue weighted by atomic mass is 10.0. The summed E-state index contributed by atoms with van der Waals surface area (Å²) in [5.41, 5.74) is 3.24. The predicted molar refractivity (Wildman–Crippen MR) is 139 cm³/mol. The van der Waals surface area contributed by atoms with E-state index in [1.165, 1.54) is 24.4 Å². The van der Waals surface area contributed by atoms with Gasteiger partial charge in [0, 0.05) is 33.5 Å². The average molecular weight is 539 g/mol. The number of nitrogens with one attached hydrogen (secondary N) is 3. The highest BCUT2D eigenvalue weighted by Gasteiger charge is 2.20. The largest absolute Gasteiger partial charge is 0.373 e. The summed E-state index contributed by atoms with van der Waals surface area (Å²) in [6, 6.07) is 16.6. The fraction of sp³-hybridized carbons (Fsp3) is 0.0400. The number of rotatable bonds is 6. The number of benzene rings is 3. The molecule has 11 heteroatoms. The van der Waals surface area contributed by atoms with Crippen LogP contribution in [-0.4, -0.2) is 20.4 Å². The van der Waals surface area contributed by atoms with Gasteiger partial charge in [-0.25, -0.2) is 4.39 Å². The minimum absolute atomic E-state index is 0.114. The number of hydrogen-bond donors (Lipinski definition) is 3. The maximum Gasteiger partial charge on any atom is 0.146 e. The van der Waals surface area contributed by atoms with E-state index in [9.17, 15) is 9.65 Å². The van der Waals surface area contributed by atoms with Crippen LogP contribution in [-0.2, 0) is 0 Å². The number of anilines is 3. The van der Waals surface area contributed by atoms with E-state index < -0.39 is 11.9 Å². The highest BCUT2D eigenvalue weighted by atomic mass is 35.5. The normalized spacial score (nSPS) is 11.8. The van der Waals surface area contributed by atoms with Gasteiger partial charge in [0.25, 0.3) is 0 Å². The molecule has 5 rings (SSSR count). The molecule has 5 aromatic rings. The Labute approximate surface area is 219 Å². The van der Waals surface area contributed by atoms with Crippen molar-refractivity contribution in [2.24, 2.45) is 0 Å². The number of pyridine rings is 1. The summed E-state index contributed by atoms with van der Waals surface area (Å²) in [5, 5.41) is 28.6. The Morgan fingerprint density at radius 2 is 1.78 bits per heavy atom. The molecule has 178 valence electrons. The van der Waals surface area contributed by atoms with Crippen LogP contribution in [0.4, 0.5) is 21.5 Å². The van der Waals surface area contributed by atoms with Crippen molar-refractivity contribution >= 4 is 62.8 Å². The number of fused-ring (bicyclic) bond motifs is 1. The number of hydrogen-bond acceptors (Lipinski definition) is 6. The van der Waals surface area contributed by atoms with Crippen molar-refractivity contribution in [2.45, 2.75) is 6.04 Å². The van der Waals surface area contributed by atoms with Crippen molar-refractivity contribution in [1.82, 2.24) is 20.4 Å². The molecule has 0 amide bonds. The van der Waals surface area contributed by atoms with E-state index in [1.54, 1.807) is 30.5 Å². The van der Waals surface area contributed by atoms with Crippen molar-refractivity contribution in [1.29, 1.82) is 5.26 Å². The topological polar surface area (TPSA) is 102 Å². The maximum absolute atomic E-state index is 14.5. The zero-order valence-corrected chi connectivity index (χ0v) is 20.5. The summed E-state index contributed by atoms with van der Waals surface area (Å²) in [4.78, 5) is 4.35. The lowest BCUT2D eigenvalue weighted by Gasteiger charge is -2.20. The maximum atomic E-state index is 14.5. The first-order chi connectivity index (χ1) is 17.4. The van der Waals surface area contributed by atoms with Crippen LogP contribution < -0.4 is 10.6 Å². The van der Waals surface area contributed by atoms with Crippen LogP contribution in [0.15, 0.2) is 67.0 Å². The van der Waals surface area contributed by atoms with E-state index in [1.807, 2.05) is 12.1 Å². The van der Waals surface area contributed by atoms with Crippen LogP contribution in [0.5, 0.6) is 0 Å². The van der Waals surface area contributed by atoms with Gasteiger partial charge in [0.15, 0.2) is 0 Å². The van der Waals surface area contributed by atoms with E-state index in [0.717, 1.165) is 5.56 Å². The molecule has 0 fully saturated rings. The number of aromatic nitrogens is 4. The van der Waals surface area contributed by atoms with Crippen molar-refractivity contribution in [2.75, 3.05) is 10.6 Å². The number of halogens is 4. The quantitative estimate of drug-likeness (QED) is 0.210. The van der Waals surface area contributed by atoms with E-state index in [0.29, 0.717) is 43.0 Å². The van der Waals surface area contributed by atoms with Crippen molar-refractivity contribution < 1.29 is 4.39 Å². The third-order valence-electron chi connectivity index (χ3n) is 5.48. The van der Waals surface area contributed by atoms with Crippen molar-refractivity contribution in [3.05, 3.63) is 105 Å². The number of nitrogens with zero attached hydrogens (tertiary/aromatic N) is 4. The molecule has 0 aliphatic rings. The molecule has 1 unspecified atom stereocenters. The van der Waals surface area contributed by atoms with Gasteiger partial charge in [-0.1, -0.05) is 52.1 Å². The summed E-state index contributed by atoms with van der Waals surface area (Å²) in [6.45, 7) is 0. The minimum Gasteiger partial charge on any atom is -0.373 e. The van der Waals surface area contributed by atoms with Gasteiger partial charge in [-0.2, -0.15) is 5.26 Å². The number of aromatic amines is 1. The Morgan fingerprint density at radius 3 is 2.50 bits per heavy atom. The van der Waals surface area contributed by atoms with Crippen molar-refractivity contribution in [3.8, 4) is 6.07 Å². The molecule has 0 aliphatic carbocycles. The lowest BCUT2D eigenvalue weighted by molar-refractivity contribution is 0.632. The van der Waals surface area contributed by atoms with Gasteiger partial charge in [-0.15, -0.1) is 5.10 Å². The Morgan fingerprint density at radius 1 is 1.00 bits per heavy atom. The Balaban J connectivity index is 1.63. The first-order valence-electron chi connectivity index (χ1n) is 10.6. The zero-order chi connectivity index (χ0) is 25.2. The molecule has 0 spiro atoms. The molecule has 2 heterocycles. The molecule has 3 N–H and O–H groups in total.